The molecule has 1 saturated carbocycles. The Labute approximate surface area is 188 Å². The number of benzene rings is 2. The summed E-state index contributed by atoms with van der Waals surface area (Å²) in [5.74, 6) is 2.80. The lowest BCUT2D eigenvalue weighted by molar-refractivity contribution is 0.308. The fraction of sp³-hybridized carbons (Fsp3) is 0.440. The number of aryl methyl sites for hydroxylation is 1. The summed E-state index contributed by atoms with van der Waals surface area (Å²) in [6.07, 6.45) is 4.79. The fourth-order valence-corrected chi connectivity index (χ4v) is 5.01. The molecule has 1 aliphatic carbocycles. The fourth-order valence-electron chi connectivity index (χ4n) is 5.01. The maximum Gasteiger partial charge on any atom is 0.181 e. The number of tetrazole rings is 1. The highest BCUT2D eigenvalue weighted by molar-refractivity contribution is 6.15. The van der Waals surface area contributed by atoms with Gasteiger partial charge in [-0.05, 0) is 54.8 Å². The molecule has 2 heterocycles. The molecule has 1 aliphatic heterocycles. The quantitative estimate of drug-likeness (QED) is 0.568. The van der Waals surface area contributed by atoms with Crippen LogP contribution in [0.1, 0.15) is 62.1 Å². The number of fused-ring (bicyclic) bond motifs is 3. The minimum absolute atomic E-state index is 0.321. The van der Waals surface area contributed by atoms with Gasteiger partial charge in [-0.3, -0.25) is 4.99 Å². The van der Waals surface area contributed by atoms with Crippen molar-refractivity contribution in [1.82, 2.24) is 20.2 Å². The van der Waals surface area contributed by atoms with Gasteiger partial charge in [0.15, 0.2) is 17.3 Å². The van der Waals surface area contributed by atoms with E-state index in [9.17, 15) is 0 Å². The third-order valence-electron chi connectivity index (χ3n) is 6.56. The Morgan fingerprint density at radius 2 is 1.78 bits per heavy atom. The molecule has 166 valence electrons. The first-order chi connectivity index (χ1) is 15.7. The highest BCUT2D eigenvalue weighted by atomic mass is 16.5. The smallest absolute Gasteiger partial charge is 0.181 e. The molecule has 0 saturated heterocycles. The SMILES string of the molecule is CCOc1cc2c(cc1OC)C(c1ccc(-c3nnnn3CC)cc1)=NC1CCCCC21. The van der Waals surface area contributed by atoms with Gasteiger partial charge in [0.05, 0.1) is 25.5 Å². The van der Waals surface area contributed by atoms with Crippen molar-refractivity contribution in [3.63, 3.8) is 0 Å². The monoisotopic (exact) mass is 431 g/mol. The third kappa shape index (κ3) is 3.55. The molecule has 7 heteroatoms. The molecule has 2 atom stereocenters. The second-order valence-electron chi connectivity index (χ2n) is 8.35. The van der Waals surface area contributed by atoms with E-state index in [4.69, 9.17) is 14.5 Å². The first-order valence-electron chi connectivity index (χ1n) is 11.5. The van der Waals surface area contributed by atoms with Crippen molar-refractivity contribution in [1.29, 1.82) is 0 Å². The minimum atomic E-state index is 0.321. The number of rotatable bonds is 6. The molecule has 0 bridgehead atoms. The van der Waals surface area contributed by atoms with E-state index in [-0.39, 0.29) is 0 Å². The lowest BCUT2D eigenvalue weighted by Gasteiger charge is -2.36. The van der Waals surface area contributed by atoms with Gasteiger partial charge in [-0.15, -0.1) is 5.10 Å². The molecule has 0 N–H and O–H groups in total. The zero-order valence-electron chi connectivity index (χ0n) is 18.9. The van der Waals surface area contributed by atoms with Crippen LogP contribution in [0.4, 0.5) is 0 Å². The molecule has 2 aliphatic rings. The van der Waals surface area contributed by atoms with E-state index in [0.29, 0.717) is 18.6 Å². The number of hydrogen-bond donors (Lipinski definition) is 0. The summed E-state index contributed by atoms with van der Waals surface area (Å²) in [6.45, 7) is 5.39. The summed E-state index contributed by atoms with van der Waals surface area (Å²) < 4.78 is 13.4. The number of methoxy groups -OCH3 is 1. The van der Waals surface area contributed by atoms with Gasteiger partial charge in [-0.1, -0.05) is 37.1 Å². The van der Waals surface area contributed by atoms with Gasteiger partial charge in [0.1, 0.15) is 0 Å². The van der Waals surface area contributed by atoms with Crippen molar-refractivity contribution < 1.29 is 9.47 Å². The standard InChI is InChI=1S/C25H29N5O2/c1-4-30-25(27-28-29-30)17-12-10-16(11-13-17)24-20-15-22(31-3)23(32-5-2)14-19(20)18-8-6-7-9-21(18)26-24/h10-15,18,21H,4-9H2,1-3H3. The summed E-state index contributed by atoms with van der Waals surface area (Å²) in [5.41, 5.74) is 5.62. The summed E-state index contributed by atoms with van der Waals surface area (Å²) in [4.78, 5) is 5.27. The van der Waals surface area contributed by atoms with Crippen LogP contribution in [0.15, 0.2) is 41.4 Å². The van der Waals surface area contributed by atoms with Crippen LogP contribution in [0.25, 0.3) is 11.4 Å². The molecular formula is C25H29N5O2. The van der Waals surface area contributed by atoms with Crippen LogP contribution in [0, 0.1) is 0 Å². The van der Waals surface area contributed by atoms with Crippen molar-refractivity contribution in [2.45, 2.75) is 58.0 Å². The van der Waals surface area contributed by atoms with E-state index in [1.165, 1.54) is 24.8 Å². The molecular weight excluding hydrogens is 402 g/mol. The number of ether oxygens (including phenoxy) is 2. The highest BCUT2D eigenvalue weighted by Crippen LogP contribution is 2.44. The Morgan fingerprint density at radius 3 is 2.53 bits per heavy atom. The topological polar surface area (TPSA) is 74.4 Å². The first-order valence-corrected chi connectivity index (χ1v) is 11.5. The van der Waals surface area contributed by atoms with Gasteiger partial charge in [-0.25, -0.2) is 4.68 Å². The maximum absolute atomic E-state index is 5.91. The molecule has 0 radical (unpaired) electrons. The van der Waals surface area contributed by atoms with Crippen LogP contribution in [0.5, 0.6) is 11.5 Å². The van der Waals surface area contributed by atoms with Crippen molar-refractivity contribution in [3.8, 4) is 22.9 Å². The van der Waals surface area contributed by atoms with Crippen LogP contribution in [-0.2, 0) is 6.54 Å². The van der Waals surface area contributed by atoms with Crippen molar-refractivity contribution >= 4 is 5.71 Å². The van der Waals surface area contributed by atoms with E-state index >= 15 is 0 Å². The molecule has 5 rings (SSSR count). The zero-order chi connectivity index (χ0) is 22.1. The lowest BCUT2D eigenvalue weighted by atomic mass is 9.75. The summed E-state index contributed by atoms with van der Waals surface area (Å²) in [7, 11) is 1.69. The molecule has 2 aromatic carbocycles. The molecule has 1 fully saturated rings. The largest absolute Gasteiger partial charge is 0.493 e. The Hall–Kier alpha value is -3.22. The van der Waals surface area contributed by atoms with E-state index < -0.39 is 0 Å². The van der Waals surface area contributed by atoms with Crippen molar-refractivity contribution in [2.24, 2.45) is 4.99 Å². The van der Waals surface area contributed by atoms with Gasteiger partial charge in [-0.2, -0.15) is 0 Å². The van der Waals surface area contributed by atoms with Crippen LogP contribution in [0.2, 0.25) is 0 Å². The average molecular weight is 432 g/mol. The Balaban J connectivity index is 1.59. The predicted octanol–water partition coefficient (Wildman–Crippen LogP) is 4.64. The maximum atomic E-state index is 5.91. The zero-order valence-corrected chi connectivity index (χ0v) is 18.9. The van der Waals surface area contributed by atoms with Crippen molar-refractivity contribution in [3.05, 3.63) is 53.1 Å². The van der Waals surface area contributed by atoms with Gasteiger partial charge >= 0.3 is 0 Å². The number of hydrogen-bond acceptors (Lipinski definition) is 6. The normalized spacial score (nSPS) is 19.7. The lowest BCUT2D eigenvalue weighted by Crippen LogP contribution is -2.29. The predicted molar refractivity (Wildman–Crippen MR) is 124 cm³/mol. The van der Waals surface area contributed by atoms with E-state index in [2.05, 4.69) is 51.9 Å². The van der Waals surface area contributed by atoms with E-state index in [1.54, 1.807) is 11.8 Å². The van der Waals surface area contributed by atoms with Gasteiger partial charge in [0.2, 0.25) is 0 Å². The second kappa shape index (κ2) is 8.73. The molecule has 0 spiro atoms. The average Bonchev–Trinajstić information content (AvgIpc) is 3.32. The van der Waals surface area contributed by atoms with Crippen LogP contribution in [-0.4, -0.2) is 45.7 Å². The van der Waals surface area contributed by atoms with Gasteiger partial charge in [0, 0.05) is 29.2 Å². The molecule has 1 aromatic heterocycles. The molecule has 32 heavy (non-hydrogen) atoms. The second-order valence-corrected chi connectivity index (χ2v) is 8.35. The molecule has 2 unspecified atom stereocenters. The van der Waals surface area contributed by atoms with Crippen LogP contribution >= 0.6 is 0 Å². The summed E-state index contributed by atoms with van der Waals surface area (Å²) in [6, 6.07) is 13.0. The molecule has 3 aromatic rings. The first kappa shape index (κ1) is 20.7. The number of nitrogens with zero attached hydrogens (tertiary/aromatic N) is 5. The molecule has 7 nitrogen and oxygen atoms in total. The highest BCUT2D eigenvalue weighted by Gasteiger charge is 2.34. The van der Waals surface area contributed by atoms with E-state index in [1.807, 2.05) is 13.8 Å². The Morgan fingerprint density at radius 1 is 1.00 bits per heavy atom. The van der Waals surface area contributed by atoms with Crippen molar-refractivity contribution in [2.75, 3.05) is 13.7 Å². The Bertz CT molecular complexity index is 1140. The summed E-state index contributed by atoms with van der Waals surface area (Å²) >= 11 is 0. The van der Waals surface area contributed by atoms with Crippen LogP contribution in [0.3, 0.4) is 0 Å². The number of aliphatic imine (C=N–C) groups is 1. The third-order valence-corrected chi connectivity index (χ3v) is 6.56. The molecule has 0 amide bonds. The van der Waals surface area contributed by atoms with Crippen LogP contribution < -0.4 is 9.47 Å². The minimum Gasteiger partial charge on any atom is -0.493 e. The van der Waals surface area contributed by atoms with Gasteiger partial charge in [0.25, 0.3) is 0 Å². The van der Waals surface area contributed by atoms with E-state index in [0.717, 1.165) is 52.7 Å². The Kier molecular flexibility index (Phi) is 5.64. The number of aromatic nitrogens is 4. The van der Waals surface area contributed by atoms with Gasteiger partial charge < -0.3 is 9.47 Å². The summed E-state index contributed by atoms with van der Waals surface area (Å²) in [5, 5.41) is 12.0.